The molecule has 9 nitrogen and oxygen atoms in total. The van der Waals surface area contributed by atoms with Crippen LogP contribution < -0.4 is 0 Å². The summed E-state index contributed by atoms with van der Waals surface area (Å²) in [6.45, 7) is 4.30. The summed E-state index contributed by atoms with van der Waals surface area (Å²) in [5.41, 5.74) is 0. The molecule has 0 spiro atoms. The molecule has 454 valence electrons. The SMILES string of the molecule is CC/C=C\C/C=C\C/C=C\C/C=C\C/C=C\C/C=C\C/C=C\C/C=C\CCCCCCCCCCCCCCCCCCC(=O)OC(COC(=O)CCCCCCC/C=C\CCCCCCC)COP(=O)(O)OCC[N+](C)(C)C. The summed E-state index contributed by atoms with van der Waals surface area (Å²) in [6.07, 6.45) is 83.3. The van der Waals surface area contributed by atoms with Gasteiger partial charge in [0.05, 0.1) is 27.7 Å². The van der Waals surface area contributed by atoms with Crippen molar-refractivity contribution in [3.63, 3.8) is 0 Å². The Morgan fingerprint density at radius 1 is 0.405 bits per heavy atom. The third-order valence-corrected chi connectivity index (χ3v) is 14.5. The van der Waals surface area contributed by atoms with Crippen molar-refractivity contribution in [1.82, 2.24) is 0 Å². The van der Waals surface area contributed by atoms with Crippen LogP contribution in [0.15, 0.2) is 109 Å². The zero-order valence-corrected chi connectivity index (χ0v) is 52.5. The summed E-state index contributed by atoms with van der Waals surface area (Å²) in [6, 6.07) is 0. The zero-order valence-electron chi connectivity index (χ0n) is 51.6. The number of ether oxygens (including phenoxy) is 2. The normalized spacial score (nSPS) is 13.9. The van der Waals surface area contributed by atoms with Crippen molar-refractivity contribution < 1.29 is 42.1 Å². The summed E-state index contributed by atoms with van der Waals surface area (Å²) in [5, 5.41) is 0. The fourth-order valence-corrected chi connectivity index (χ4v) is 9.36. The van der Waals surface area contributed by atoms with Crippen LogP contribution in [0.5, 0.6) is 0 Å². The number of carbonyl (C=O) groups excluding carboxylic acids is 2. The lowest BCUT2D eigenvalue weighted by Gasteiger charge is -2.24. The number of unbranched alkanes of at least 4 members (excludes halogenated alkanes) is 26. The van der Waals surface area contributed by atoms with Gasteiger partial charge in [0.1, 0.15) is 19.8 Å². The number of esters is 2. The minimum absolute atomic E-state index is 0.0280. The van der Waals surface area contributed by atoms with Gasteiger partial charge in [-0.2, -0.15) is 0 Å². The molecule has 0 radical (unpaired) electrons. The van der Waals surface area contributed by atoms with E-state index in [9.17, 15) is 19.0 Å². The second kappa shape index (κ2) is 59.3. The molecule has 79 heavy (non-hydrogen) atoms. The fraction of sp³-hybridized carbons (Fsp3) is 0.710. The molecule has 1 N–H and O–H groups in total. The molecular weight excluding hydrogens is 1000 g/mol. The maximum absolute atomic E-state index is 12.8. The Labute approximate surface area is 486 Å². The molecule has 0 aromatic heterocycles. The first-order chi connectivity index (χ1) is 38.5. The Morgan fingerprint density at radius 3 is 1.09 bits per heavy atom. The van der Waals surface area contributed by atoms with Crippen LogP contribution in [0.4, 0.5) is 0 Å². The summed E-state index contributed by atoms with van der Waals surface area (Å²) in [7, 11) is 1.47. The number of phosphoric acid groups is 1. The van der Waals surface area contributed by atoms with E-state index in [2.05, 4.69) is 123 Å². The van der Waals surface area contributed by atoms with Crippen LogP contribution in [0, 0.1) is 0 Å². The third-order valence-electron chi connectivity index (χ3n) is 13.5. The summed E-state index contributed by atoms with van der Waals surface area (Å²) in [5.74, 6) is -0.805. The predicted octanol–water partition coefficient (Wildman–Crippen LogP) is 20.5. The van der Waals surface area contributed by atoms with Crippen molar-refractivity contribution in [2.45, 2.75) is 270 Å². The monoisotopic (exact) mass is 1120 g/mol. The smallest absolute Gasteiger partial charge is 0.462 e. The Balaban J connectivity index is 3.98. The highest BCUT2D eigenvalue weighted by molar-refractivity contribution is 7.47. The van der Waals surface area contributed by atoms with Crippen LogP contribution in [0.1, 0.15) is 264 Å². The van der Waals surface area contributed by atoms with Gasteiger partial charge in [0, 0.05) is 12.8 Å². The van der Waals surface area contributed by atoms with E-state index in [0.717, 1.165) is 109 Å². The lowest BCUT2D eigenvalue weighted by molar-refractivity contribution is -0.870. The van der Waals surface area contributed by atoms with Crippen LogP contribution >= 0.6 is 7.82 Å². The van der Waals surface area contributed by atoms with Gasteiger partial charge in [-0.25, -0.2) is 4.57 Å². The topological polar surface area (TPSA) is 108 Å². The van der Waals surface area contributed by atoms with Crippen LogP contribution in [-0.2, 0) is 32.7 Å². The molecular formula is C69H121NO8P+. The molecule has 2 atom stereocenters. The molecule has 10 heteroatoms. The number of likely N-dealkylation sites (N-methyl/N-ethyl adjacent to an activating group) is 1. The van der Waals surface area contributed by atoms with E-state index < -0.39 is 26.5 Å². The van der Waals surface area contributed by atoms with Crippen LogP contribution in [0.2, 0.25) is 0 Å². The summed E-state index contributed by atoms with van der Waals surface area (Å²) >= 11 is 0. The number of carbonyl (C=O) groups is 2. The van der Waals surface area contributed by atoms with E-state index in [0.29, 0.717) is 17.4 Å². The van der Waals surface area contributed by atoms with E-state index in [1.165, 1.54) is 122 Å². The first-order valence-corrected chi connectivity index (χ1v) is 33.6. The molecule has 0 saturated heterocycles. The maximum atomic E-state index is 12.8. The van der Waals surface area contributed by atoms with E-state index in [4.69, 9.17) is 18.5 Å². The van der Waals surface area contributed by atoms with Gasteiger partial charge in [-0.1, -0.05) is 258 Å². The van der Waals surface area contributed by atoms with Gasteiger partial charge in [-0.3, -0.25) is 18.6 Å². The Bertz CT molecular complexity index is 1700. The molecule has 0 aromatic rings. The Hall–Kier alpha value is -3.33. The Kier molecular flexibility index (Phi) is 56.8. The predicted molar refractivity (Wildman–Crippen MR) is 339 cm³/mol. The van der Waals surface area contributed by atoms with Crippen molar-refractivity contribution in [3.05, 3.63) is 109 Å². The van der Waals surface area contributed by atoms with E-state index >= 15 is 0 Å². The van der Waals surface area contributed by atoms with Crippen LogP contribution in [0.25, 0.3) is 0 Å². The molecule has 0 saturated carbocycles. The van der Waals surface area contributed by atoms with E-state index in [1.54, 1.807) is 0 Å². The third kappa shape index (κ3) is 63.7. The van der Waals surface area contributed by atoms with Gasteiger partial charge in [0.15, 0.2) is 6.10 Å². The van der Waals surface area contributed by atoms with Gasteiger partial charge < -0.3 is 18.9 Å². The first kappa shape index (κ1) is 75.7. The van der Waals surface area contributed by atoms with E-state index in [1.807, 2.05) is 21.1 Å². The molecule has 0 rings (SSSR count). The maximum Gasteiger partial charge on any atom is 0.472 e. The van der Waals surface area contributed by atoms with Gasteiger partial charge in [-0.15, -0.1) is 0 Å². The van der Waals surface area contributed by atoms with Gasteiger partial charge in [-0.05, 0) is 103 Å². The summed E-state index contributed by atoms with van der Waals surface area (Å²) < 4.78 is 34.6. The highest BCUT2D eigenvalue weighted by atomic mass is 31.2. The minimum Gasteiger partial charge on any atom is -0.462 e. The van der Waals surface area contributed by atoms with Crippen molar-refractivity contribution >= 4 is 19.8 Å². The second-order valence-corrected chi connectivity index (χ2v) is 23.9. The zero-order chi connectivity index (χ0) is 57.7. The van der Waals surface area contributed by atoms with Crippen molar-refractivity contribution in [2.75, 3.05) is 47.5 Å². The second-order valence-electron chi connectivity index (χ2n) is 22.4. The lowest BCUT2D eigenvalue weighted by atomic mass is 10.0. The number of rotatable bonds is 58. The van der Waals surface area contributed by atoms with Gasteiger partial charge >= 0.3 is 19.8 Å². The van der Waals surface area contributed by atoms with Crippen molar-refractivity contribution in [3.8, 4) is 0 Å². The van der Waals surface area contributed by atoms with Crippen LogP contribution in [-0.4, -0.2) is 74.9 Å². The minimum atomic E-state index is -4.39. The average molecular weight is 1120 g/mol. The van der Waals surface area contributed by atoms with E-state index in [-0.39, 0.29) is 32.0 Å². The van der Waals surface area contributed by atoms with Crippen molar-refractivity contribution in [2.24, 2.45) is 0 Å². The Morgan fingerprint density at radius 2 is 0.722 bits per heavy atom. The quantitative estimate of drug-likeness (QED) is 0.0211. The average Bonchev–Trinajstić information content (AvgIpc) is 3.41. The summed E-state index contributed by atoms with van der Waals surface area (Å²) in [4.78, 5) is 35.7. The number of nitrogens with zero attached hydrogens (tertiary/aromatic N) is 1. The van der Waals surface area contributed by atoms with Gasteiger partial charge in [0.2, 0.25) is 0 Å². The highest BCUT2D eigenvalue weighted by Crippen LogP contribution is 2.43. The standard InChI is InChI=1S/C69H120NO8P/c1-6-8-10-12-14-16-18-20-22-23-24-25-26-27-28-29-30-31-32-33-34-35-36-37-38-39-40-41-42-43-44-45-46-47-48-50-52-54-56-58-60-62-69(72)78-67(66-77-79(73,74)76-64-63-70(3,4)5)65-75-68(71)61-59-57-55-53-51-49-21-19-17-15-13-11-9-7-2/h8,10,14,16,19-22,24-25,27-28,30-31,33-34,36-37,67H,6-7,9,11-13,15,17-18,23,26,29,32,35,38-66H2,1-5H3/p+1/b10-8-,16-14-,21-19-,22-20-,25-24-,28-27-,31-30-,34-33-,37-36-. The number of allylic oxidation sites excluding steroid dienone is 18. The largest absolute Gasteiger partial charge is 0.472 e. The molecule has 0 aromatic carbocycles. The number of phosphoric ester groups is 1. The van der Waals surface area contributed by atoms with Crippen molar-refractivity contribution in [1.29, 1.82) is 0 Å². The first-order valence-electron chi connectivity index (χ1n) is 32.1. The molecule has 0 aliphatic rings. The number of hydrogen-bond donors (Lipinski definition) is 1. The van der Waals surface area contributed by atoms with Gasteiger partial charge in [0.25, 0.3) is 0 Å². The van der Waals surface area contributed by atoms with Crippen LogP contribution in [0.3, 0.4) is 0 Å². The molecule has 0 aliphatic heterocycles. The molecule has 2 unspecified atom stereocenters. The molecule has 0 aliphatic carbocycles. The molecule has 0 fully saturated rings. The number of hydrogen-bond acceptors (Lipinski definition) is 7. The fourth-order valence-electron chi connectivity index (χ4n) is 8.62. The number of quaternary nitrogens is 1. The highest BCUT2D eigenvalue weighted by Gasteiger charge is 2.27. The molecule has 0 bridgehead atoms. The molecule has 0 amide bonds. The molecule has 0 heterocycles. The lowest BCUT2D eigenvalue weighted by Crippen LogP contribution is -2.37.